The number of anilines is 2. The number of urea groups is 1. The number of hydrogen-bond donors (Lipinski definition) is 2. The molecular formula is C19H33N3O2. The van der Waals surface area contributed by atoms with E-state index in [1.165, 1.54) is 0 Å². The number of nitrogens with one attached hydrogen (secondary N) is 1. The lowest BCUT2D eigenvalue weighted by Crippen LogP contribution is -2.41. The summed E-state index contributed by atoms with van der Waals surface area (Å²) in [4.78, 5) is 16.6. The van der Waals surface area contributed by atoms with Crippen LogP contribution in [0.15, 0.2) is 24.3 Å². The first-order valence-electron chi connectivity index (χ1n) is 8.64. The molecule has 0 aliphatic heterocycles. The number of aliphatic hydroxyl groups is 1. The predicted octanol–water partition coefficient (Wildman–Crippen LogP) is 3.79. The number of rotatable bonds is 7. The van der Waals surface area contributed by atoms with Gasteiger partial charge in [-0.3, -0.25) is 0 Å². The van der Waals surface area contributed by atoms with Gasteiger partial charge in [0.1, 0.15) is 0 Å². The number of carbonyl (C=O) groups excluding carboxylic acids is 1. The Labute approximate surface area is 146 Å². The molecule has 0 unspecified atom stereocenters. The van der Waals surface area contributed by atoms with E-state index in [9.17, 15) is 4.79 Å². The Morgan fingerprint density at radius 2 is 1.96 bits per heavy atom. The van der Waals surface area contributed by atoms with E-state index in [4.69, 9.17) is 5.11 Å². The van der Waals surface area contributed by atoms with E-state index >= 15 is 0 Å². The topological polar surface area (TPSA) is 55.8 Å². The molecule has 0 saturated heterocycles. The van der Waals surface area contributed by atoms with Crippen molar-refractivity contribution < 1.29 is 9.90 Å². The Kier molecular flexibility index (Phi) is 7.55. The minimum atomic E-state index is -0.122. The molecular weight excluding hydrogens is 302 g/mol. The second kappa shape index (κ2) is 8.92. The number of aliphatic hydroxyl groups excluding tert-OH is 1. The molecule has 2 N–H and O–H groups in total. The van der Waals surface area contributed by atoms with Crippen LogP contribution in [-0.4, -0.2) is 48.8 Å². The van der Waals surface area contributed by atoms with Crippen molar-refractivity contribution in [3.05, 3.63) is 24.3 Å². The maximum atomic E-state index is 12.6. The molecule has 136 valence electrons. The molecule has 0 saturated carbocycles. The largest absolute Gasteiger partial charge is 0.396 e. The standard InChI is InChI=1S/C19H33N3O2/c1-15(2)21(6)17-10-7-9-16(13-17)20-18(24)22(11-8-12-23)14-19(3,4)5/h7,9-10,13,15,23H,8,11-12,14H2,1-6H3,(H,20,24). The molecule has 0 spiro atoms. The molecule has 2 amide bonds. The summed E-state index contributed by atoms with van der Waals surface area (Å²) in [7, 11) is 2.04. The van der Waals surface area contributed by atoms with Gasteiger partial charge in [-0.25, -0.2) is 4.79 Å². The van der Waals surface area contributed by atoms with Crippen LogP contribution in [0.4, 0.5) is 16.2 Å². The van der Waals surface area contributed by atoms with Crippen LogP contribution in [0.5, 0.6) is 0 Å². The molecule has 0 aliphatic rings. The van der Waals surface area contributed by atoms with E-state index < -0.39 is 0 Å². The van der Waals surface area contributed by atoms with Gasteiger partial charge in [-0.05, 0) is 43.9 Å². The zero-order valence-corrected chi connectivity index (χ0v) is 16.0. The number of nitrogens with zero attached hydrogens (tertiary/aromatic N) is 2. The molecule has 0 radical (unpaired) electrons. The lowest BCUT2D eigenvalue weighted by Gasteiger charge is -2.30. The SMILES string of the molecule is CC(C)N(C)c1cccc(NC(=O)N(CCCO)CC(C)(C)C)c1. The van der Waals surface area contributed by atoms with Crippen LogP contribution >= 0.6 is 0 Å². The fraction of sp³-hybridized carbons (Fsp3) is 0.632. The van der Waals surface area contributed by atoms with Crippen molar-refractivity contribution >= 4 is 17.4 Å². The highest BCUT2D eigenvalue weighted by Gasteiger charge is 2.21. The minimum Gasteiger partial charge on any atom is -0.396 e. The quantitative estimate of drug-likeness (QED) is 0.797. The first-order chi connectivity index (χ1) is 11.1. The molecule has 1 aromatic rings. The van der Waals surface area contributed by atoms with Gasteiger partial charge in [0.05, 0.1) is 0 Å². The number of carbonyl (C=O) groups is 1. The van der Waals surface area contributed by atoms with Crippen molar-refractivity contribution in [3.8, 4) is 0 Å². The molecule has 0 atom stereocenters. The van der Waals surface area contributed by atoms with Crippen LogP contribution in [-0.2, 0) is 0 Å². The van der Waals surface area contributed by atoms with Crippen LogP contribution in [0, 0.1) is 5.41 Å². The molecule has 0 aliphatic carbocycles. The van der Waals surface area contributed by atoms with E-state index in [-0.39, 0.29) is 18.1 Å². The predicted molar refractivity (Wildman–Crippen MR) is 102 cm³/mol. The van der Waals surface area contributed by atoms with Crippen molar-refractivity contribution in [1.82, 2.24) is 4.90 Å². The zero-order chi connectivity index (χ0) is 18.3. The van der Waals surface area contributed by atoms with Crippen LogP contribution < -0.4 is 10.2 Å². The van der Waals surface area contributed by atoms with Crippen LogP contribution in [0.1, 0.15) is 41.0 Å². The Morgan fingerprint density at radius 3 is 2.50 bits per heavy atom. The van der Waals surface area contributed by atoms with Crippen LogP contribution in [0.25, 0.3) is 0 Å². The van der Waals surface area contributed by atoms with E-state index in [1.807, 2.05) is 31.3 Å². The van der Waals surface area contributed by atoms with Gasteiger partial charge in [0, 0.05) is 44.2 Å². The molecule has 0 heterocycles. The van der Waals surface area contributed by atoms with E-state index in [1.54, 1.807) is 4.90 Å². The average Bonchev–Trinajstić information content (AvgIpc) is 2.49. The normalized spacial score (nSPS) is 11.5. The van der Waals surface area contributed by atoms with Crippen LogP contribution in [0.3, 0.4) is 0 Å². The summed E-state index contributed by atoms with van der Waals surface area (Å²) < 4.78 is 0. The summed E-state index contributed by atoms with van der Waals surface area (Å²) in [6.45, 7) is 11.8. The second-order valence-electron chi connectivity index (χ2n) is 7.74. The van der Waals surface area contributed by atoms with Crippen molar-refractivity contribution in [2.24, 2.45) is 5.41 Å². The third kappa shape index (κ3) is 6.79. The third-order valence-corrected chi connectivity index (χ3v) is 3.82. The molecule has 24 heavy (non-hydrogen) atoms. The van der Waals surface area contributed by atoms with E-state index in [2.05, 4.69) is 44.8 Å². The van der Waals surface area contributed by atoms with Gasteiger partial charge in [0.2, 0.25) is 0 Å². The number of hydrogen-bond acceptors (Lipinski definition) is 3. The van der Waals surface area contributed by atoms with Crippen LogP contribution in [0.2, 0.25) is 0 Å². The molecule has 5 nitrogen and oxygen atoms in total. The summed E-state index contributed by atoms with van der Waals surface area (Å²) in [6.07, 6.45) is 0.583. The van der Waals surface area contributed by atoms with Crippen molar-refractivity contribution in [2.45, 2.75) is 47.1 Å². The average molecular weight is 335 g/mol. The van der Waals surface area contributed by atoms with Crippen molar-refractivity contribution in [2.75, 3.05) is 37.0 Å². The maximum Gasteiger partial charge on any atom is 0.321 e. The first-order valence-corrected chi connectivity index (χ1v) is 8.64. The Hall–Kier alpha value is -1.75. The molecule has 0 bridgehead atoms. The Morgan fingerprint density at radius 1 is 1.29 bits per heavy atom. The molecule has 0 fully saturated rings. The fourth-order valence-corrected chi connectivity index (χ4v) is 2.39. The summed E-state index contributed by atoms with van der Waals surface area (Å²) in [5, 5.41) is 12.1. The number of amides is 2. The maximum absolute atomic E-state index is 12.6. The Bertz CT molecular complexity index is 524. The Balaban J connectivity index is 2.84. The fourth-order valence-electron chi connectivity index (χ4n) is 2.39. The summed E-state index contributed by atoms with van der Waals surface area (Å²) in [6, 6.07) is 8.14. The highest BCUT2D eigenvalue weighted by molar-refractivity contribution is 5.90. The van der Waals surface area contributed by atoms with Crippen molar-refractivity contribution in [3.63, 3.8) is 0 Å². The highest BCUT2D eigenvalue weighted by atomic mass is 16.3. The van der Waals surface area contributed by atoms with Gasteiger partial charge in [-0.15, -0.1) is 0 Å². The monoisotopic (exact) mass is 335 g/mol. The molecule has 1 aromatic carbocycles. The first kappa shape index (κ1) is 20.3. The second-order valence-corrected chi connectivity index (χ2v) is 7.74. The smallest absolute Gasteiger partial charge is 0.321 e. The molecule has 1 rings (SSSR count). The summed E-state index contributed by atoms with van der Waals surface area (Å²) in [5.74, 6) is 0. The van der Waals surface area contributed by atoms with E-state index in [0.29, 0.717) is 25.6 Å². The van der Waals surface area contributed by atoms with Gasteiger partial charge in [0.25, 0.3) is 0 Å². The zero-order valence-electron chi connectivity index (χ0n) is 16.0. The third-order valence-electron chi connectivity index (χ3n) is 3.82. The van der Waals surface area contributed by atoms with Gasteiger partial charge in [-0.1, -0.05) is 26.8 Å². The molecule has 0 aromatic heterocycles. The van der Waals surface area contributed by atoms with Gasteiger partial charge in [-0.2, -0.15) is 0 Å². The number of benzene rings is 1. The van der Waals surface area contributed by atoms with E-state index in [0.717, 1.165) is 11.4 Å². The molecule has 5 heteroatoms. The van der Waals surface area contributed by atoms with Crippen molar-refractivity contribution in [1.29, 1.82) is 0 Å². The lowest BCUT2D eigenvalue weighted by atomic mass is 9.96. The lowest BCUT2D eigenvalue weighted by molar-refractivity contribution is 0.176. The summed E-state index contributed by atoms with van der Waals surface area (Å²) >= 11 is 0. The highest BCUT2D eigenvalue weighted by Crippen LogP contribution is 2.21. The van der Waals surface area contributed by atoms with Gasteiger partial charge >= 0.3 is 6.03 Å². The van der Waals surface area contributed by atoms with Gasteiger partial charge < -0.3 is 20.2 Å². The summed E-state index contributed by atoms with van der Waals surface area (Å²) in [5.41, 5.74) is 1.86. The minimum absolute atomic E-state index is 0.00645. The van der Waals surface area contributed by atoms with Gasteiger partial charge in [0.15, 0.2) is 0 Å².